The number of hydrogen-bond acceptors (Lipinski definition) is 5. The van der Waals surface area contributed by atoms with Crippen LogP contribution in [0.25, 0.3) is 10.9 Å². The van der Waals surface area contributed by atoms with Gasteiger partial charge in [0.1, 0.15) is 5.82 Å². The number of piperazine rings is 1. The molecule has 3 rings (SSSR count). The molecule has 1 aromatic heterocycles. The minimum absolute atomic E-state index is 0.166. The van der Waals surface area contributed by atoms with Crippen LogP contribution < -0.4 is 10.6 Å². The summed E-state index contributed by atoms with van der Waals surface area (Å²) in [5.41, 5.74) is 6.36. The third kappa shape index (κ3) is 3.53. The van der Waals surface area contributed by atoms with Crippen LogP contribution in [0, 0.1) is 5.41 Å². The summed E-state index contributed by atoms with van der Waals surface area (Å²) in [6.45, 7) is 7.59. The Bertz CT molecular complexity index is 870. The second-order valence-electron chi connectivity index (χ2n) is 7.49. The molecule has 0 spiro atoms. The van der Waals surface area contributed by atoms with E-state index in [0.717, 1.165) is 9.86 Å². The minimum atomic E-state index is -0.897. The van der Waals surface area contributed by atoms with Gasteiger partial charge in [0, 0.05) is 29.5 Å². The molecule has 0 saturated carbocycles. The molecule has 1 unspecified atom stereocenters. The summed E-state index contributed by atoms with van der Waals surface area (Å²) in [4.78, 5) is 24.0. The van der Waals surface area contributed by atoms with E-state index in [1.165, 1.54) is 4.90 Å². The molecule has 0 bridgehead atoms. The number of anilines is 2. The maximum absolute atomic E-state index is 11.6. The topological polar surface area (TPSA) is 95.6 Å². The van der Waals surface area contributed by atoms with Crippen molar-refractivity contribution in [3.8, 4) is 0 Å². The number of carboxylic acid groups (broad SMARTS) is 1. The molecule has 26 heavy (non-hydrogen) atoms. The zero-order valence-electron chi connectivity index (χ0n) is 14.8. The number of hydrogen-bond donors (Lipinski definition) is 2. The van der Waals surface area contributed by atoms with E-state index in [0.29, 0.717) is 36.0 Å². The van der Waals surface area contributed by atoms with Gasteiger partial charge in [-0.05, 0) is 33.5 Å². The Hall–Kier alpha value is -1.80. The third-order valence-corrected chi connectivity index (χ3v) is 5.86. The van der Waals surface area contributed by atoms with Crippen molar-refractivity contribution in [2.24, 2.45) is 5.41 Å². The van der Waals surface area contributed by atoms with E-state index < -0.39 is 6.09 Å². The number of rotatable bonds is 1. The van der Waals surface area contributed by atoms with E-state index in [1.807, 2.05) is 26.8 Å². The fraction of sp³-hybridized carbons (Fsp3) is 0.471. The molecule has 0 radical (unpaired) electrons. The Morgan fingerprint density at radius 2 is 2.04 bits per heavy atom. The zero-order chi connectivity index (χ0) is 19.2. The molecular weight excluding hydrogens is 422 g/mol. The van der Waals surface area contributed by atoms with Gasteiger partial charge >= 0.3 is 6.09 Å². The van der Waals surface area contributed by atoms with Crippen molar-refractivity contribution in [3.05, 3.63) is 21.6 Å². The Morgan fingerprint density at radius 3 is 2.65 bits per heavy atom. The van der Waals surface area contributed by atoms with Gasteiger partial charge in [0.15, 0.2) is 0 Å². The highest BCUT2D eigenvalue weighted by molar-refractivity contribution is 9.10. The van der Waals surface area contributed by atoms with E-state index in [2.05, 4.69) is 30.8 Å². The average molecular weight is 443 g/mol. The number of benzene rings is 1. The summed E-state index contributed by atoms with van der Waals surface area (Å²) in [5, 5.41) is 10.9. The van der Waals surface area contributed by atoms with Crippen LogP contribution in [0.2, 0.25) is 5.02 Å². The fourth-order valence-corrected chi connectivity index (χ4v) is 3.81. The quantitative estimate of drug-likeness (QED) is 0.696. The summed E-state index contributed by atoms with van der Waals surface area (Å²) >= 11 is 9.62. The highest BCUT2D eigenvalue weighted by Gasteiger charge is 2.38. The highest BCUT2D eigenvalue weighted by atomic mass is 79.9. The van der Waals surface area contributed by atoms with Gasteiger partial charge in [-0.25, -0.2) is 9.78 Å². The van der Waals surface area contributed by atoms with Crippen molar-refractivity contribution in [2.45, 2.75) is 26.8 Å². The molecular formula is C17H21BrClN5O2. The maximum atomic E-state index is 11.6. The average Bonchev–Trinajstić information content (AvgIpc) is 2.54. The van der Waals surface area contributed by atoms with Gasteiger partial charge in [0.25, 0.3) is 0 Å². The molecule has 1 fully saturated rings. The van der Waals surface area contributed by atoms with Crippen LogP contribution in [0.4, 0.5) is 16.6 Å². The van der Waals surface area contributed by atoms with Crippen LogP contribution >= 0.6 is 27.5 Å². The lowest BCUT2D eigenvalue weighted by Gasteiger charge is -2.46. The summed E-state index contributed by atoms with van der Waals surface area (Å²) in [6, 6.07) is 3.45. The van der Waals surface area contributed by atoms with E-state index in [9.17, 15) is 9.90 Å². The third-order valence-electron chi connectivity index (χ3n) is 4.66. The highest BCUT2D eigenvalue weighted by Crippen LogP contribution is 2.35. The fourth-order valence-electron chi connectivity index (χ4n) is 3.31. The number of nitrogens with zero attached hydrogens (tertiary/aromatic N) is 4. The summed E-state index contributed by atoms with van der Waals surface area (Å²) < 4.78 is 0.748. The molecule has 1 aliphatic rings. The van der Waals surface area contributed by atoms with Crippen LogP contribution in [0.5, 0.6) is 0 Å². The lowest BCUT2D eigenvalue weighted by atomic mass is 9.84. The number of nitrogen functional groups attached to an aromatic ring is 1. The number of carbonyl (C=O) groups is 1. The molecule has 140 valence electrons. The standard InChI is InChI=1S/C17H21BrClN5O2/c1-17(2,3)13-8-23(4-5-24(13)16(25)26)14-9-6-10(18)11(19)7-12(9)21-15(20)22-14/h6-7,13H,4-5,8H2,1-3H3,(H,25,26)(H2,20,21,22). The van der Waals surface area contributed by atoms with Crippen molar-refractivity contribution in [1.82, 2.24) is 14.9 Å². The number of nitrogens with two attached hydrogens (primary N) is 1. The molecule has 0 aliphatic carbocycles. The first kappa shape index (κ1) is 19.0. The summed E-state index contributed by atoms with van der Waals surface area (Å²) in [6.07, 6.45) is -0.897. The van der Waals surface area contributed by atoms with Crippen LogP contribution in [-0.4, -0.2) is 51.7 Å². The van der Waals surface area contributed by atoms with Crippen LogP contribution in [0.15, 0.2) is 16.6 Å². The van der Waals surface area contributed by atoms with Gasteiger partial charge < -0.3 is 20.6 Å². The lowest BCUT2D eigenvalue weighted by molar-refractivity contribution is 0.0747. The Labute approximate surface area is 165 Å². The molecule has 1 atom stereocenters. The van der Waals surface area contributed by atoms with Gasteiger partial charge in [-0.15, -0.1) is 0 Å². The van der Waals surface area contributed by atoms with Crippen molar-refractivity contribution in [2.75, 3.05) is 30.3 Å². The maximum Gasteiger partial charge on any atom is 0.407 e. The second-order valence-corrected chi connectivity index (χ2v) is 8.75. The van der Waals surface area contributed by atoms with E-state index in [-0.39, 0.29) is 17.4 Å². The van der Waals surface area contributed by atoms with Crippen molar-refractivity contribution in [3.63, 3.8) is 0 Å². The molecule has 3 N–H and O–H groups in total. The summed E-state index contributed by atoms with van der Waals surface area (Å²) in [5.74, 6) is 0.864. The first-order valence-electron chi connectivity index (χ1n) is 8.24. The first-order valence-corrected chi connectivity index (χ1v) is 9.42. The molecule has 2 heterocycles. The van der Waals surface area contributed by atoms with Gasteiger partial charge in [-0.1, -0.05) is 32.4 Å². The molecule has 7 nitrogen and oxygen atoms in total. The molecule has 1 saturated heterocycles. The van der Waals surface area contributed by atoms with E-state index in [4.69, 9.17) is 17.3 Å². The van der Waals surface area contributed by atoms with Crippen LogP contribution in [0.1, 0.15) is 20.8 Å². The lowest BCUT2D eigenvalue weighted by Crippen LogP contribution is -2.59. The monoisotopic (exact) mass is 441 g/mol. The van der Waals surface area contributed by atoms with Gasteiger partial charge in [-0.3, -0.25) is 0 Å². The first-order chi connectivity index (χ1) is 12.1. The zero-order valence-corrected chi connectivity index (χ0v) is 17.2. The minimum Gasteiger partial charge on any atom is -0.465 e. The molecule has 9 heteroatoms. The Balaban J connectivity index is 2.06. The predicted octanol–water partition coefficient (Wildman–Crippen LogP) is 3.84. The van der Waals surface area contributed by atoms with E-state index in [1.54, 1.807) is 6.07 Å². The Morgan fingerprint density at radius 1 is 1.35 bits per heavy atom. The predicted molar refractivity (Wildman–Crippen MR) is 107 cm³/mol. The molecule has 1 aromatic carbocycles. The van der Waals surface area contributed by atoms with Crippen LogP contribution in [0.3, 0.4) is 0 Å². The largest absolute Gasteiger partial charge is 0.465 e. The summed E-state index contributed by atoms with van der Waals surface area (Å²) in [7, 11) is 0. The van der Waals surface area contributed by atoms with Gasteiger partial charge in [-0.2, -0.15) is 4.98 Å². The number of fused-ring (bicyclic) bond motifs is 1. The number of aromatic nitrogens is 2. The van der Waals surface area contributed by atoms with Gasteiger partial charge in [0.2, 0.25) is 5.95 Å². The smallest absolute Gasteiger partial charge is 0.407 e. The number of amides is 1. The SMILES string of the molecule is CC(C)(C)C1CN(c2nc(N)nc3cc(Cl)c(Br)cc23)CCN1C(=O)O. The van der Waals surface area contributed by atoms with Gasteiger partial charge in [0.05, 0.1) is 16.6 Å². The Kier molecular flexibility index (Phi) is 4.92. The molecule has 2 aromatic rings. The molecule has 1 aliphatic heterocycles. The number of halogens is 2. The van der Waals surface area contributed by atoms with Crippen LogP contribution in [-0.2, 0) is 0 Å². The second kappa shape index (κ2) is 6.74. The normalized spacial score (nSPS) is 18.4. The van der Waals surface area contributed by atoms with E-state index >= 15 is 0 Å². The van der Waals surface area contributed by atoms with Crippen molar-refractivity contribution in [1.29, 1.82) is 0 Å². The van der Waals surface area contributed by atoms with Crippen molar-refractivity contribution < 1.29 is 9.90 Å². The molecule has 1 amide bonds. The van der Waals surface area contributed by atoms with Crippen molar-refractivity contribution >= 4 is 56.3 Å².